The molecule has 1 N–H and O–H groups in total. The first-order valence-electron chi connectivity index (χ1n) is 5.25. The zero-order valence-electron chi connectivity index (χ0n) is 9.01. The minimum absolute atomic E-state index is 0.286. The van der Waals surface area contributed by atoms with Crippen LogP contribution in [0.2, 0.25) is 0 Å². The number of hydrogen-bond acceptors (Lipinski definition) is 3. The lowest BCUT2D eigenvalue weighted by Crippen LogP contribution is -2.29. The summed E-state index contributed by atoms with van der Waals surface area (Å²) in [5.41, 5.74) is 0.906. The van der Waals surface area contributed by atoms with Crippen molar-refractivity contribution in [1.29, 1.82) is 0 Å². The molecule has 0 aromatic heterocycles. The van der Waals surface area contributed by atoms with Crippen molar-refractivity contribution in [3.8, 4) is 0 Å². The second-order valence-corrected chi connectivity index (χ2v) is 3.83. The summed E-state index contributed by atoms with van der Waals surface area (Å²) >= 11 is 0. The van der Waals surface area contributed by atoms with E-state index >= 15 is 0 Å². The van der Waals surface area contributed by atoms with E-state index in [0.717, 1.165) is 5.70 Å². The summed E-state index contributed by atoms with van der Waals surface area (Å²) in [6.45, 7) is 1.91. The first-order valence-corrected chi connectivity index (χ1v) is 5.25. The molecule has 0 unspecified atom stereocenters. The smallest absolute Gasteiger partial charge is 0.332 e. The van der Waals surface area contributed by atoms with E-state index < -0.39 is 0 Å². The van der Waals surface area contributed by atoms with Gasteiger partial charge in [0.25, 0.3) is 0 Å². The Morgan fingerprint density at radius 2 is 2.00 bits per heavy atom. The Labute approximate surface area is 85.5 Å². The Hall–Kier alpha value is -0.990. The Kier molecular flexibility index (Phi) is 4.50. The molecule has 80 valence electrons. The van der Waals surface area contributed by atoms with Crippen LogP contribution in [0.15, 0.2) is 11.8 Å². The van der Waals surface area contributed by atoms with Gasteiger partial charge in [-0.15, -0.1) is 0 Å². The van der Waals surface area contributed by atoms with Crippen LogP contribution in [0.5, 0.6) is 0 Å². The van der Waals surface area contributed by atoms with Crippen molar-refractivity contribution in [2.45, 2.75) is 45.1 Å². The van der Waals surface area contributed by atoms with Gasteiger partial charge in [0.2, 0.25) is 0 Å². The van der Waals surface area contributed by atoms with Gasteiger partial charge in [-0.05, 0) is 19.8 Å². The number of methoxy groups -OCH3 is 1. The van der Waals surface area contributed by atoms with Crippen LogP contribution in [0.4, 0.5) is 0 Å². The Bertz CT molecular complexity index is 217. The molecule has 0 aliphatic heterocycles. The molecule has 14 heavy (non-hydrogen) atoms. The fourth-order valence-corrected chi connectivity index (χ4v) is 1.85. The normalized spacial score (nSPS) is 19.1. The maximum Gasteiger partial charge on any atom is 0.332 e. The predicted octanol–water partition coefficient (Wildman–Crippen LogP) is 1.99. The molecule has 1 aliphatic carbocycles. The van der Waals surface area contributed by atoms with Crippen molar-refractivity contribution in [1.82, 2.24) is 5.32 Å². The van der Waals surface area contributed by atoms with Crippen LogP contribution in [-0.2, 0) is 9.53 Å². The second-order valence-electron chi connectivity index (χ2n) is 3.83. The van der Waals surface area contributed by atoms with Crippen LogP contribution in [0.25, 0.3) is 0 Å². The highest BCUT2D eigenvalue weighted by Gasteiger charge is 2.12. The Morgan fingerprint density at radius 1 is 1.36 bits per heavy atom. The van der Waals surface area contributed by atoms with E-state index in [2.05, 4.69) is 10.1 Å². The van der Waals surface area contributed by atoms with Gasteiger partial charge in [0.1, 0.15) is 0 Å². The van der Waals surface area contributed by atoms with E-state index in [9.17, 15) is 4.79 Å². The van der Waals surface area contributed by atoms with Crippen molar-refractivity contribution in [2.24, 2.45) is 0 Å². The van der Waals surface area contributed by atoms with E-state index in [4.69, 9.17) is 0 Å². The lowest BCUT2D eigenvalue weighted by molar-refractivity contribution is -0.134. The molecule has 0 saturated heterocycles. The van der Waals surface area contributed by atoms with E-state index in [-0.39, 0.29) is 5.97 Å². The largest absolute Gasteiger partial charge is 0.466 e. The predicted molar refractivity (Wildman–Crippen MR) is 55.8 cm³/mol. The van der Waals surface area contributed by atoms with Crippen LogP contribution in [0, 0.1) is 0 Å². The summed E-state index contributed by atoms with van der Waals surface area (Å²) in [4.78, 5) is 10.9. The monoisotopic (exact) mass is 197 g/mol. The van der Waals surface area contributed by atoms with Gasteiger partial charge in [0.15, 0.2) is 0 Å². The number of carbonyl (C=O) groups excluding carboxylic acids is 1. The van der Waals surface area contributed by atoms with Crippen molar-refractivity contribution < 1.29 is 9.53 Å². The van der Waals surface area contributed by atoms with Crippen molar-refractivity contribution in [3.05, 3.63) is 11.8 Å². The molecule has 3 heteroatoms. The summed E-state index contributed by atoms with van der Waals surface area (Å²) < 4.78 is 4.55. The minimum Gasteiger partial charge on any atom is -0.466 e. The van der Waals surface area contributed by atoms with Crippen molar-refractivity contribution >= 4 is 5.97 Å². The maximum atomic E-state index is 10.9. The number of hydrogen-bond donors (Lipinski definition) is 1. The summed E-state index contributed by atoms with van der Waals surface area (Å²) in [5.74, 6) is -0.286. The molecule has 0 heterocycles. The summed E-state index contributed by atoms with van der Waals surface area (Å²) in [6, 6.07) is 0.546. The van der Waals surface area contributed by atoms with Gasteiger partial charge >= 0.3 is 5.97 Å². The van der Waals surface area contributed by atoms with Crippen molar-refractivity contribution in [2.75, 3.05) is 7.11 Å². The third kappa shape index (κ3) is 3.81. The highest BCUT2D eigenvalue weighted by atomic mass is 16.5. The van der Waals surface area contributed by atoms with Crippen LogP contribution in [0.1, 0.15) is 39.0 Å². The third-order valence-corrected chi connectivity index (χ3v) is 2.57. The molecular weight excluding hydrogens is 178 g/mol. The van der Waals surface area contributed by atoms with Gasteiger partial charge in [-0.3, -0.25) is 0 Å². The fraction of sp³-hybridized carbons (Fsp3) is 0.727. The third-order valence-electron chi connectivity index (χ3n) is 2.57. The van der Waals surface area contributed by atoms with Gasteiger partial charge in [-0.25, -0.2) is 4.79 Å². The van der Waals surface area contributed by atoms with Crippen LogP contribution >= 0.6 is 0 Å². The second kappa shape index (κ2) is 5.68. The minimum atomic E-state index is -0.286. The number of esters is 1. The number of carbonyl (C=O) groups is 1. The molecule has 0 amide bonds. The molecule has 1 fully saturated rings. The Balaban J connectivity index is 2.34. The summed E-state index contributed by atoms with van der Waals surface area (Å²) in [5, 5.41) is 3.34. The molecule has 0 radical (unpaired) electrons. The molecule has 1 rings (SSSR count). The van der Waals surface area contributed by atoms with Crippen molar-refractivity contribution in [3.63, 3.8) is 0 Å². The first-order chi connectivity index (χ1) is 6.72. The molecule has 0 bridgehead atoms. The average Bonchev–Trinajstić information content (AvgIpc) is 2.19. The number of ether oxygens (including phenoxy) is 1. The van der Waals surface area contributed by atoms with E-state index in [0.29, 0.717) is 6.04 Å². The molecule has 1 aliphatic rings. The van der Waals surface area contributed by atoms with E-state index in [1.165, 1.54) is 45.3 Å². The van der Waals surface area contributed by atoms with E-state index in [1.54, 1.807) is 0 Å². The topological polar surface area (TPSA) is 38.3 Å². The van der Waals surface area contributed by atoms with Crippen LogP contribution in [0.3, 0.4) is 0 Å². The highest BCUT2D eigenvalue weighted by Crippen LogP contribution is 2.18. The maximum absolute atomic E-state index is 10.9. The van der Waals surface area contributed by atoms with Gasteiger partial charge in [-0.2, -0.15) is 0 Å². The molecule has 0 aromatic carbocycles. The number of rotatable bonds is 3. The van der Waals surface area contributed by atoms with Crippen LogP contribution in [-0.4, -0.2) is 19.1 Å². The van der Waals surface area contributed by atoms with Gasteiger partial charge in [0.05, 0.1) is 7.11 Å². The van der Waals surface area contributed by atoms with E-state index in [1.807, 2.05) is 6.92 Å². The van der Waals surface area contributed by atoms with Gasteiger partial charge in [-0.1, -0.05) is 19.3 Å². The fourth-order valence-electron chi connectivity index (χ4n) is 1.85. The molecule has 0 atom stereocenters. The summed E-state index contributed by atoms with van der Waals surface area (Å²) in [6.07, 6.45) is 7.87. The number of allylic oxidation sites excluding steroid dienone is 1. The molecule has 0 spiro atoms. The standard InChI is InChI=1S/C11H19NO2/c1-9(8-11(13)14-2)12-10-6-4-3-5-7-10/h8,10,12H,3-7H2,1-2H3/b9-8+. The van der Waals surface area contributed by atoms with Gasteiger partial charge in [0, 0.05) is 17.8 Å². The molecule has 0 aromatic rings. The number of nitrogens with one attached hydrogen (secondary N) is 1. The van der Waals surface area contributed by atoms with Crippen LogP contribution < -0.4 is 5.32 Å². The molecule has 1 saturated carbocycles. The Morgan fingerprint density at radius 3 is 2.57 bits per heavy atom. The summed E-state index contributed by atoms with van der Waals surface area (Å²) in [7, 11) is 1.40. The quantitative estimate of drug-likeness (QED) is 0.555. The lowest BCUT2D eigenvalue weighted by Gasteiger charge is -2.23. The first kappa shape index (κ1) is 11.1. The molecular formula is C11H19NO2. The zero-order chi connectivity index (χ0) is 10.4. The average molecular weight is 197 g/mol. The SMILES string of the molecule is COC(=O)/C=C(\C)NC1CCCCC1. The van der Waals surface area contributed by atoms with Gasteiger partial charge < -0.3 is 10.1 Å². The lowest BCUT2D eigenvalue weighted by atomic mass is 9.95. The zero-order valence-corrected chi connectivity index (χ0v) is 9.01. The molecule has 3 nitrogen and oxygen atoms in total. The highest BCUT2D eigenvalue weighted by molar-refractivity contribution is 5.82.